The summed E-state index contributed by atoms with van der Waals surface area (Å²) in [5.41, 5.74) is 1.17. The van der Waals surface area contributed by atoms with Crippen LogP contribution < -0.4 is 5.32 Å². The highest BCUT2D eigenvalue weighted by Gasteiger charge is 2.15. The van der Waals surface area contributed by atoms with E-state index in [-0.39, 0.29) is 24.0 Å². The van der Waals surface area contributed by atoms with Gasteiger partial charge in [-0.25, -0.2) is 0 Å². The van der Waals surface area contributed by atoms with Gasteiger partial charge in [-0.2, -0.15) is 5.10 Å². The van der Waals surface area contributed by atoms with Gasteiger partial charge >= 0.3 is 0 Å². The molecule has 7 nitrogen and oxygen atoms in total. The first-order valence-electron chi connectivity index (χ1n) is 8.24. The van der Waals surface area contributed by atoms with Crippen LogP contribution in [0.15, 0.2) is 17.4 Å². The highest BCUT2D eigenvalue weighted by atomic mass is 127. The van der Waals surface area contributed by atoms with E-state index < -0.39 is 0 Å². The molecule has 1 aromatic rings. The number of rotatable bonds is 8. The number of nitrogens with zero attached hydrogens (tertiary/aromatic N) is 4. The standard InChI is InChI=1S/C16H29N5O2.HI/c1-17-16(20(2)10-15-9-19-21(3)11-15)18-6-4-7-22-12-14-5-8-23-13-14;/h9,11,14H,4-8,10,12-13H2,1-3H3,(H,17,18);1H. The highest BCUT2D eigenvalue weighted by Crippen LogP contribution is 2.12. The van der Waals surface area contributed by atoms with E-state index in [1.54, 1.807) is 7.05 Å². The summed E-state index contributed by atoms with van der Waals surface area (Å²) in [6, 6.07) is 0. The second-order valence-corrected chi connectivity index (χ2v) is 6.01. The van der Waals surface area contributed by atoms with Crippen molar-refractivity contribution in [1.82, 2.24) is 20.0 Å². The number of hydrogen-bond acceptors (Lipinski definition) is 4. The van der Waals surface area contributed by atoms with E-state index in [0.29, 0.717) is 5.92 Å². The van der Waals surface area contributed by atoms with Crippen LogP contribution in [0, 0.1) is 5.92 Å². The van der Waals surface area contributed by atoms with Gasteiger partial charge in [-0.05, 0) is 12.8 Å². The topological polar surface area (TPSA) is 63.9 Å². The monoisotopic (exact) mass is 451 g/mol. The molecule has 1 N–H and O–H groups in total. The van der Waals surface area contributed by atoms with E-state index in [4.69, 9.17) is 9.47 Å². The molecule has 138 valence electrons. The number of halogens is 1. The van der Waals surface area contributed by atoms with Gasteiger partial charge in [0, 0.05) is 65.1 Å². The van der Waals surface area contributed by atoms with Crippen molar-refractivity contribution in [2.45, 2.75) is 19.4 Å². The minimum absolute atomic E-state index is 0. The van der Waals surface area contributed by atoms with Crippen molar-refractivity contribution >= 4 is 29.9 Å². The highest BCUT2D eigenvalue weighted by molar-refractivity contribution is 14.0. The molecule has 0 saturated carbocycles. The predicted octanol–water partition coefficient (Wildman–Crippen LogP) is 1.49. The Balaban J connectivity index is 0.00000288. The van der Waals surface area contributed by atoms with Crippen molar-refractivity contribution in [2.24, 2.45) is 18.0 Å². The van der Waals surface area contributed by atoms with Crippen LogP contribution in [0.5, 0.6) is 0 Å². The zero-order valence-corrected chi connectivity index (χ0v) is 17.2. The van der Waals surface area contributed by atoms with Crippen LogP contribution >= 0.6 is 24.0 Å². The smallest absolute Gasteiger partial charge is 0.193 e. The minimum atomic E-state index is 0. The first-order valence-corrected chi connectivity index (χ1v) is 8.24. The summed E-state index contributed by atoms with van der Waals surface area (Å²) in [6.07, 6.45) is 5.99. The number of hydrogen-bond donors (Lipinski definition) is 1. The number of aromatic nitrogens is 2. The lowest BCUT2D eigenvalue weighted by Crippen LogP contribution is -2.39. The van der Waals surface area contributed by atoms with Gasteiger partial charge in [0.05, 0.1) is 19.4 Å². The lowest BCUT2D eigenvalue weighted by atomic mass is 10.1. The maximum atomic E-state index is 5.71. The molecule has 1 atom stereocenters. The van der Waals surface area contributed by atoms with Crippen LogP contribution in [-0.4, -0.2) is 67.7 Å². The third-order valence-corrected chi connectivity index (χ3v) is 3.88. The SMILES string of the molecule is CN=C(NCCCOCC1CCOC1)N(C)Cc1cnn(C)c1.I. The molecule has 1 aliphatic rings. The summed E-state index contributed by atoms with van der Waals surface area (Å²) >= 11 is 0. The van der Waals surface area contributed by atoms with Gasteiger partial charge in [0.25, 0.3) is 0 Å². The van der Waals surface area contributed by atoms with Gasteiger partial charge in [-0.1, -0.05) is 0 Å². The Hall–Kier alpha value is -0.870. The number of nitrogens with one attached hydrogen (secondary N) is 1. The third kappa shape index (κ3) is 7.35. The number of aliphatic imine (C=N–C) groups is 1. The Kier molecular flexibility index (Phi) is 10.3. The Morgan fingerprint density at radius 1 is 1.58 bits per heavy atom. The fraction of sp³-hybridized carbons (Fsp3) is 0.750. The second kappa shape index (κ2) is 11.6. The van der Waals surface area contributed by atoms with Crippen molar-refractivity contribution in [2.75, 3.05) is 47.1 Å². The van der Waals surface area contributed by atoms with Gasteiger partial charge in [0.1, 0.15) is 0 Å². The Morgan fingerprint density at radius 2 is 2.42 bits per heavy atom. The Bertz CT molecular complexity index is 489. The molecule has 0 spiro atoms. The zero-order valence-electron chi connectivity index (χ0n) is 14.9. The summed E-state index contributed by atoms with van der Waals surface area (Å²) in [4.78, 5) is 6.41. The summed E-state index contributed by atoms with van der Waals surface area (Å²) in [7, 11) is 5.76. The predicted molar refractivity (Wildman–Crippen MR) is 106 cm³/mol. The lowest BCUT2D eigenvalue weighted by molar-refractivity contribution is 0.0887. The number of ether oxygens (including phenoxy) is 2. The van der Waals surface area contributed by atoms with Gasteiger partial charge in [-0.3, -0.25) is 9.67 Å². The maximum absolute atomic E-state index is 5.71. The van der Waals surface area contributed by atoms with E-state index in [1.165, 1.54) is 5.56 Å². The van der Waals surface area contributed by atoms with E-state index in [2.05, 4.69) is 20.3 Å². The molecule has 0 amide bonds. The van der Waals surface area contributed by atoms with Crippen molar-refractivity contribution in [3.8, 4) is 0 Å². The quantitative estimate of drug-likeness (QED) is 0.281. The van der Waals surface area contributed by atoms with E-state index >= 15 is 0 Å². The van der Waals surface area contributed by atoms with E-state index in [0.717, 1.165) is 58.3 Å². The molecule has 1 saturated heterocycles. The van der Waals surface area contributed by atoms with Crippen LogP contribution in [0.3, 0.4) is 0 Å². The molecule has 2 rings (SSSR count). The molecule has 8 heteroatoms. The van der Waals surface area contributed by atoms with Crippen LogP contribution in [0.2, 0.25) is 0 Å². The summed E-state index contributed by atoms with van der Waals surface area (Å²) in [5.74, 6) is 1.47. The molecule has 0 radical (unpaired) electrons. The maximum Gasteiger partial charge on any atom is 0.193 e. The minimum Gasteiger partial charge on any atom is -0.381 e. The van der Waals surface area contributed by atoms with Gasteiger partial charge in [-0.15, -0.1) is 24.0 Å². The molecule has 1 aliphatic heterocycles. The zero-order chi connectivity index (χ0) is 16.5. The van der Waals surface area contributed by atoms with Gasteiger partial charge in [0.2, 0.25) is 0 Å². The average molecular weight is 451 g/mol. The largest absolute Gasteiger partial charge is 0.381 e. The summed E-state index contributed by atoms with van der Waals surface area (Å²) in [6.45, 7) is 4.96. The normalized spacial score (nSPS) is 17.6. The fourth-order valence-corrected chi connectivity index (χ4v) is 2.63. The van der Waals surface area contributed by atoms with Crippen LogP contribution in [-0.2, 0) is 23.1 Å². The second-order valence-electron chi connectivity index (χ2n) is 6.01. The fourth-order valence-electron chi connectivity index (χ4n) is 2.63. The molecular formula is C16H30IN5O2. The van der Waals surface area contributed by atoms with E-state index in [9.17, 15) is 0 Å². The van der Waals surface area contributed by atoms with Crippen molar-refractivity contribution in [3.63, 3.8) is 0 Å². The molecule has 24 heavy (non-hydrogen) atoms. The average Bonchev–Trinajstić information content (AvgIpc) is 3.18. The van der Waals surface area contributed by atoms with Gasteiger partial charge in [0.15, 0.2) is 5.96 Å². The summed E-state index contributed by atoms with van der Waals surface area (Å²) in [5, 5.41) is 7.56. The first-order chi connectivity index (χ1) is 11.2. The van der Waals surface area contributed by atoms with Crippen LogP contribution in [0.4, 0.5) is 0 Å². The molecule has 2 heterocycles. The molecular weight excluding hydrogens is 421 g/mol. The number of guanidine groups is 1. The number of aryl methyl sites for hydroxylation is 1. The van der Waals surface area contributed by atoms with Crippen molar-refractivity contribution in [3.05, 3.63) is 18.0 Å². The molecule has 1 fully saturated rings. The molecule has 0 bridgehead atoms. The first kappa shape index (κ1) is 21.2. The molecule has 1 unspecified atom stereocenters. The Labute approximate surface area is 161 Å². The molecule has 0 aromatic carbocycles. The summed E-state index contributed by atoms with van der Waals surface area (Å²) < 4.78 is 12.9. The molecule has 0 aliphatic carbocycles. The molecule has 1 aromatic heterocycles. The lowest BCUT2D eigenvalue weighted by Gasteiger charge is -2.21. The van der Waals surface area contributed by atoms with Crippen molar-refractivity contribution in [1.29, 1.82) is 0 Å². The van der Waals surface area contributed by atoms with Crippen LogP contribution in [0.1, 0.15) is 18.4 Å². The van der Waals surface area contributed by atoms with Crippen LogP contribution in [0.25, 0.3) is 0 Å². The van der Waals surface area contributed by atoms with E-state index in [1.807, 2.05) is 31.2 Å². The van der Waals surface area contributed by atoms with Gasteiger partial charge < -0.3 is 19.7 Å². The van der Waals surface area contributed by atoms with Crippen molar-refractivity contribution < 1.29 is 9.47 Å². The Morgan fingerprint density at radius 3 is 3.04 bits per heavy atom. The third-order valence-electron chi connectivity index (χ3n) is 3.88.